The van der Waals surface area contributed by atoms with Gasteiger partial charge in [0.2, 0.25) is 0 Å². The summed E-state index contributed by atoms with van der Waals surface area (Å²) in [5.74, 6) is -0.994. The fourth-order valence-corrected chi connectivity index (χ4v) is 2.18. The highest BCUT2D eigenvalue weighted by Crippen LogP contribution is 2.27. The first-order valence-electron chi connectivity index (χ1n) is 6.22. The molecule has 0 aliphatic carbocycles. The molecule has 3 aromatic rings. The summed E-state index contributed by atoms with van der Waals surface area (Å²) in [6.07, 6.45) is 0. The lowest BCUT2D eigenvalue weighted by molar-refractivity contribution is 0.0699. The Morgan fingerprint density at radius 3 is 2.40 bits per heavy atom. The Labute approximate surface area is 115 Å². The predicted molar refractivity (Wildman–Crippen MR) is 76.7 cm³/mol. The van der Waals surface area contributed by atoms with Gasteiger partial charge in [0.25, 0.3) is 0 Å². The third-order valence-corrected chi connectivity index (χ3v) is 3.21. The number of rotatable bonds is 2. The van der Waals surface area contributed by atoms with E-state index >= 15 is 0 Å². The second kappa shape index (κ2) is 4.74. The van der Waals surface area contributed by atoms with Crippen LogP contribution in [0.25, 0.3) is 22.2 Å². The number of hydrogen-bond acceptors (Lipinski definition) is 3. The molecule has 3 rings (SSSR count). The molecule has 1 heterocycles. The lowest BCUT2D eigenvalue weighted by Gasteiger charge is -2.08. The van der Waals surface area contributed by atoms with Crippen molar-refractivity contribution in [1.82, 2.24) is 10.2 Å². The van der Waals surface area contributed by atoms with Gasteiger partial charge in [-0.25, -0.2) is 4.79 Å². The van der Waals surface area contributed by atoms with Gasteiger partial charge in [-0.15, -0.1) is 10.2 Å². The zero-order valence-electron chi connectivity index (χ0n) is 10.9. The monoisotopic (exact) mass is 264 g/mol. The van der Waals surface area contributed by atoms with E-state index < -0.39 is 5.97 Å². The minimum atomic E-state index is -0.994. The van der Waals surface area contributed by atoms with Gasteiger partial charge in [0.05, 0.1) is 11.1 Å². The smallest absolute Gasteiger partial charge is 0.338 e. The molecule has 20 heavy (non-hydrogen) atoms. The highest BCUT2D eigenvalue weighted by Gasteiger charge is 2.18. The molecule has 0 amide bonds. The standard InChI is InChI=1S/C16H12N2O2/c1-10-6-8-11(9-7-10)15-14(16(19)20)12-4-2-3-5-13(12)17-18-15/h2-9H,1H3,(H,19,20). The molecule has 2 aromatic carbocycles. The summed E-state index contributed by atoms with van der Waals surface area (Å²) in [6.45, 7) is 1.98. The number of carbonyl (C=O) groups is 1. The normalized spacial score (nSPS) is 10.7. The van der Waals surface area contributed by atoms with Crippen molar-refractivity contribution in [2.75, 3.05) is 0 Å². The van der Waals surface area contributed by atoms with E-state index in [0.29, 0.717) is 16.6 Å². The molecule has 0 radical (unpaired) electrons. The fourth-order valence-electron chi connectivity index (χ4n) is 2.18. The van der Waals surface area contributed by atoms with Crippen molar-refractivity contribution in [3.05, 3.63) is 59.7 Å². The van der Waals surface area contributed by atoms with Crippen LogP contribution in [0, 0.1) is 6.92 Å². The maximum absolute atomic E-state index is 11.6. The van der Waals surface area contributed by atoms with Crippen molar-refractivity contribution in [2.24, 2.45) is 0 Å². The van der Waals surface area contributed by atoms with Crippen LogP contribution >= 0.6 is 0 Å². The Hall–Kier alpha value is -2.75. The van der Waals surface area contributed by atoms with Crippen LogP contribution in [0.2, 0.25) is 0 Å². The first kappa shape index (κ1) is 12.3. The number of hydrogen-bond donors (Lipinski definition) is 1. The minimum Gasteiger partial charge on any atom is -0.478 e. The summed E-state index contributed by atoms with van der Waals surface area (Å²) < 4.78 is 0. The van der Waals surface area contributed by atoms with Crippen LogP contribution in [0.1, 0.15) is 15.9 Å². The maximum atomic E-state index is 11.6. The summed E-state index contributed by atoms with van der Waals surface area (Å²) >= 11 is 0. The molecule has 1 aromatic heterocycles. The largest absolute Gasteiger partial charge is 0.478 e. The van der Waals surface area contributed by atoms with E-state index in [1.54, 1.807) is 18.2 Å². The van der Waals surface area contributed by atoms with Crippen LogP contribution < -0.4 is 0 Å². The number of carboxylic acids is 1. The van der Waals surface area contributed by atoms with Crippen LogP contribution in [0.3, 0.4) is 0 Å². The molecular weight excluding hydrogens is 252 g/mol. The van der Waals surface area contributed by atoms with E-state index in [0.717, 1.165) is 11.1 Å². The van der Waals surface area contributed by atoms with E-state index in [-0.39, 0.29) is 5.56 Å². The van der Waals surface area contributed by atoms with E-state index in [4.69, 9.17) is 0 Å². The zero-order chi connectivity index (χ0) is 14.1. The molecular formula is C16H12N2O2. The molecule has 4 nitrogen and oxygen atoms in total. The number of fused-ring (bicyclic) bond motifs is 1. The summed E-state index contributed by atoms with van der Waals surface area (Å²) in [4.78, 5) is 11.6. The summed E-state index contributed by atoms with van der Waals surface area (Å²) in [7, 11) is 0. The van der Waals surface area contributed by atoms with Crippen molar-refractivity contribution in [1.29, 1.82) is 0 Å². The average Bonchev–Trinajstić information content (AvgIpc) is 2.46. The number of aromatic nitrogens is 2. The summed E-state index contributed by atoms with van der Waals surface area (Å²) in [5.41, 5.74) is 3.04. The predicted octanol–water partition coefficient (Wildman–Crippen LogP) is 3.30. The quantitative estimate of drug-likeness (QED) is 0.771. The Morgan fingerprint density at radius 2 is 1.70 bits per heavy atom. The van der Waals surface area contributed by atoms with Crippen LogP contribution in [0.15, 0.2) is 48.5 Å². The zero-order valence-corrected chi connectivity index (χ0v) is 10.9. The topological polar surface area (TPSA) is 63.1 Å². The molecule has 0 saturated heterocycles. The van der Waals surface area contributed by atoms with E-state index in [9.17, 15) is 9.90 Å². The Bertz CT molecular complexity index is 795. The van der Waals surface area contributed by atoms with Crippen LogP contribution in [0.5, 0.6) is 0 Å². The number of carboxylic acid groups (broad SMARTS) is 1. The van der Waals surface area contributed by atoms with Gasteiger partial charge in [0.15, 0.2) is 0 Å². The first-order valence-corrected chi connectivity index (χ1v) is 6.22. The molecule has 0 aliphatic rings. The third kappa shape index (κ3) is 2.01. The van der Waals surface area contributed by atoms with Crippen molar-refractivity contribution in [2.45, 2.75) is 6.92 Å². The molecule has 0 fully saturated rings. The van der Waals surface area contributed by atoms with Crippen molar-refractivity contribution >= 4 is 16.9 Å². The van der Waals surface area contributed by atoms with Crippen LogP contribution in [0.4, 0.5) is 0 Å². The second-order valence-electron chi connectivity index (χ2n) is 4.61. The molecule has 1 N–H and O–H groups in total. The highest BCUT2D eigenvalue weighted by molar-refractivity contribution is 6.07. The van der Waals surface area contributed by atoms with Gasteiger partial charge in [-0.2, -0.15) is 0 Å². The summed E-state index contributed by atoms with van der Waals surface area (Å²) in [5, 5.41) is 18.3. The number of nitrogens with zero attached hydrogens (tertiary/aromatic N) is 2. The van der Waals surface area contributed by atoms with Gasteiger partial charge < -0.3 is 5.11 Å². The SMILES string of the molecule is Cc1ccc(-c2nnc3ccccc3c2C(=O)O)cc1. The van der Waals surface area contributed by atoms with Gasteiger partial charge in [0, 0.05) is 10.9 Å². The molecule has 0 unspecified atom stereocenters. The number of benzene rings is 2. The lowest BCUT2D eigenvalue weighted by Crippen LogP contribution is -2.04. The molecule has 4 heteroatoms. The van der Waals surface area contributed by atoms with Crippen molar-refractivity contribution in [3.8, 4) is 11.3 Å². The van der Waals surface area contributed by atoms with Crippen molar-refractivity contribution < 1.29 is 9.90 Å². The molecule has 0 spiro atoms. The molecule has 98 valence electrons. The minimum absolute atomic E-state index is 0.194. The maximum Gasteiger partial charge on any atom is 0.338 e. The average molecular weight is 264 g/mol. The Kier molecular flexibility index (Phi) is 2.91. The lowest BCUT2D eigenvalue weighted by atomic mass is 10.0. The highest BCUT2D eigenvalue weighted by atomic mass is 16.4. The van der Waals surface area contributed by atoms with E-state index in [2.05, 4.69) is 10.2 Å². The van der Waals surface area contributed by atoms with Gasteiger partial charge in [0.1, 0.15) is 5.69 Å². The first-order chi connectivity index (χ1) is 9.66. The van der Waals surface area contributed by atoms with Gasteiger partial charge in [-0.1, -0.05) is 48.0 Å². The molecule has 0 aliphatic heterocycles. The molecule has 0 atom stereocenters. The number of aromatic carboxylic acids is 1. The molecule has 0 saturated carbocycles. The van der Waals surface area contributed by atoms with Gasteiger partial charge in [-0.05, 0) is 13.0 Å². The fraction of sp³-hybridized carbons (Fsp3) is 0.0625. The van der Waals surface area contributed by atoms with Crippen molar-refractivity contribution in [3.63, 3.8) is 0 Å². The number of aryl methyl sites for hydroxylation is 1. The van der Waals surface area contributed by atoms with Crippen LogP contribution in [-0.4, -0.2) is 21.3 Å². The summed E-state index contributed by atoms with van der Waals surface area (Å²) in [6, 6.07) is 14.7. The van der Waals surface area contributed by atoms with E-state index in [1.165, 1.54) is 0 Å². The second-order valence-corrected chi connectivity index (χ2v) is 4.61. The van der Waals surface area contributed by atoms with E-state index in [1.807, 2.05) is 37.3 Å². The van der Waals surface area contributed by atoms with Gasteiger partial charge >= 0.3 is 5.97 Å². The Morgan fingerprint density at radius 1 is 1.00 bits per heavy atom. The third-order valence-electron chi connectivity index (χ3n) is 3.21. The van der Waals surface area contributed by atoms with Crippen LogP contribution in [-0.2, 0) is 0 Å². The molecule has 0 bridgehead atoms. The van der Waals surface area contributed by atoms with Gasteiger partial charge in [-0.3, -0.25) is 0 Å². The Balaban J connectivity index is 2.33.